The van der Waals surface area contributed by atoms with Gasteiger partial charge in [0.25, 0.3) is 0 Å². The normalized spacial score (nSPS) is 25.9. The Morgan fingerprint density at radius 3 is 2.39 bits per heavy atom. The van der Waals surface area contributed by atoms with E-state index in [4.69, 9.17) is 4.74 Å². The molecule has 1 aliphatic heterocycles. The van der Waals surface area contributed by atoms with Gasteiger partial charge in [0.05, 0.1) is 6.61 Å². The van der Waals surface area contributed by atoms with Crippen molar-refractivity contribution in [2.75, 3.05) is 26.3 Å². The van der Waals surface area contributed by atoms with E-state index >= 15 is 0 Å². The summed E-state index contributed by atoms with van der Waals surface area (Å²) in [6, 6.07) is 16.8. The molecule has 0 radical (unpaired) electrons. The van der Waals surface area contributed by atoms with E-state index in [0.717, 1.165) is 25.8 Å². The van der Waals surface area contributed by atoms with E-state index in [1.807, 2.05) is 4.90 Å². The molecular formula is C24H27NO3. The van der Waals surface area contributed by atoms with Crippen LogP contribution in [-0.4, -0.2) is 42.4 Å². The molecule has 146 valence electrons. The molecule has 2 aromatic carbocycles. The molecule has 0 unspecified atom stereocenters. The van der Waals surface area contributed by atoms with Gasteiger partial charge in [-0.25, -0.2) is 4.79 Å². The van der Waals surface area contributed by atoms with Crippen molar-refractivity contribution in [2.24, 2.45) is 11.3 Å². The number of ether oxygens (including phenoxy) is 1. The number of fused-ring (bicyclic) bond motifs is 4. The van der Waals surface area contributed by atoms with Crippen LogP contribution in [-0.2, 0) is 4.74 Å². The first-order valence-electron chi connectivity index (χ1n) is 10.4. The monoisotopic (exact) mass is 377 g/mol. The van der Waals surface area contributed by atoms with Crippen LogP contribution < -0.4 is 0 Å². The van der Waals surface area contributed by atoms with E-state index in [9.17, 15) is 9.90 Å². The fourth-order valence-corrected chi connectivity index (χ4v) is 5.66. The van der Waals surface area contributed by atoms with Crippen molar-refractivity contribution in [2.45, 2.75) is 31.6 Å². The Labute approximate surface area is 166 Å². The second-order valence-electron chi connectivity index (χ2n) is 8.65. The first-order valence-corrected chi connectivity index (χ1v) is 10.4. The molecule has 4 nitrogen and oxygen atoms in total. The third-order valence-corrected chi connectivity index (χ3v) is 7.20. The van der Waals surface area contributed by atoms with Gasteiger partial charge in [0.1, 0.15) is 6.61 Å². The van der Waals surface area contributed by atoms with Crippen LogP contribution in [0.5, 0.6) is 0 Å². The zero-order valence-corrected chi connectivity index (χ0v) is 16.1. The second-order valence-corrected chi connectivity index (χ2v) is 8.65. The first-order chi connectivity index (χ1) is 13.7. The SMILES string of the molecule is O=C(OCC1c2ccccc2-c2ccccc21)N1C[C@H]2CCCC[C@@]2(CO)C1. The molecule has 1 N–H and O–H groups in total. The smallest absolute Gasteiger partial charge is 0.409 e. The molecule has 5 rings (SSSR count). The number of likely N-dealkylation sites (tertiary alicyclic amines) is 1. The lowest BCUT2D eigenvalue weighted by atomic mass is 9.69. The number of carbonyl (C=O) groups excluding carboxylic acids is 1. The highest BCUT2D eigenvalue weighted by molar-refractivity contribution is 5.79. The second kappa shape index (κ2) is 6.93. The highest BCUT2D eigenvalue weighted by Crippen LogP contribution is 2.47. The van der Waals surface area contributed by atoms with Crippen molar-refractivity contribution in [3.63, 3.8) is 0 Å². The van der Waals surface area contributed by atoms with Gasteiger partial charge < -0.3 is 14.7 Å². The van der Waals surface area contributed by atoms with Gasteiger partial charge in [-0.15, -0.1) is 0 Å². The predicted octanol–water partition coefficient (Wildman–Crippen LogP) is 4.42. The van der Waals surface area contributed by atoms with Crippen molar-refractivity contribution in [1.82, 2.24) is 4.90 Å². The van der Waals surface area contributed by atoms with E-state index < -0.39 is 0 Å². The number of carbonyl (C=O) groups is 1. The molecule has 2 aliphatic carbocycles. The van der Waals surface area contributed by atoms with Crippen molar-refractivity contribution in [1.29, 1.82) is 0 Å². The zero-order valence-electron chi connectivity index (χ0n) is 16.1. The number of aliphatic hydroxyl groups excluding tert-OH is 1. The van der Waals surface area contributed by atoms with Crippen molar-refractivity contribution in [3.05, 3.63) is 59.7 Å². The number of aliphatic hydroxyl groups is 1. The maximum atomic E-state index is 12.8. The molecule has 0 spiro atoms. The Hall–Kier alpha value is -2.33. The van der Waals surface area contributed by atoms with E-state index in [0.29, 0.717) is 19.1 Å². The number of amides is 1. The van der Waals surface area contributed by atoms with Crippen molar-refractivity contribution >= 4 is 6.09 Å². The van der Waals surface area contributed by atoms with Gasteiger partial charge in [-0.2, -0.15) is 0 Å². The van der Waals surface area contributed by atoms with Gasteiger partial charge in [0.2, 0.25) is 0 Å². The molecule has 3 aliphatic rings. The molecule has 28 heavy (non-hydrogen) atoms. The molecule has 4 heteroatoms. The topological polar surface area (TPSA) is 49.8 Å². The van der Waals surface area contributed by atoms with Crippen LogP contribution >= 0.6 is 0 Å². The average molecular weight is 377 g/mol. The summed E-state index contributed by atoms with van der Waals surface area (Å²) in [5.74, 6) is 0.500. The number of nitrogens with zero attached hydrogens (tertiary/aromatic N) is 1. The zero-order chi connectivity index (χ0) is 19.1. The Bertz CT molecular complexity index is 849. The molecule has 2 aromatic rings. The largest absolute Gasteiger partial charge is 0.448 e. The summed E-state index contributed by atoms with van der Waals surface area (Å²) in [5.41, 5.74) is 4.84. The van der Waals surface area contributed by atoms with Gasteiger partial charge in [0.15, 0.2) is 0 Å². The van der Waals surface area contributed by atoms with Gasteiger partial charge in [0, 0.05) is 24.4 Å². The van der Waals surface area contributed by atoms with Crippen molar-refractivity contribution < 1.29 is 14.6 Å². The summed E-state index contributed by atoms with van der Waals surface area (Å²) in [5, 5.41) is 9.99. The van der Waals surface area contributed by atoms with Crippen LogP contribution in [0.3, 0.4) is 0 Å². The highest BCUT2D eigenvalue weighted by atomic mass is 16.6. The minimum absolute atomic E-state index is 0.0908. The lowest BCUT2D eigenvalue weighted by molar-refractivity contribution is 0.0560. The number of hydrogen-bond donors (Lipinski definition) is 1. The number of hydrogen-bond acceptors (Lipinski definition) is 3. The van der Waals surface area contributed by atoms with Crippen LogP contribution in [0.2, 0.25) is 0 Å². The third-order valence-electron chi connectivity index (χ3n) is 7.20. The minimum Gasteiger partial charge on any atom is -0.448 e. The summed E-state index contributed by atoms with van der Waals surface area (Å²) >= 11 is 0. The van der Waals surface area contributed by atoms with E-state index in [1.54, 1.807) is 0 Å². The van der Waals surface area contributed by atoms with Crippen LogP contribution in [0.4, 0.5) is 4.79 Å². The Morgan fingerprint density at radius 1 is 1.07 bits per heavy atom. The van der Waals surface area contributed by atoms with Gasteiger partial charge in [-0.05, 0) is 41.0 Å². The van der Waals surface area contributed by atoms with Crippen LogP contribution in [0.25, 0.3) is 11.1 Å². The van der Waals surface area contributed by atoms with E-state index in [1.165, 1.54) is 28.7 Å². The summed E-state index contributed by atoms with van der Waals surface area (Å²) in [7, 11) is 0. The molecule has 2 atom stereocenters. The maximum Gasteiger partial charge on any atom is 0.409 e. The van der Waals surface area contributed by atoms with E-state index in [2.05, 4.69) is 48.5 Å². The highest BCUT2D eigenvalue weighted by Gasteiger charge is 2.49. The maximum absolute atomic E-state index is 12.8. The van der Waals surface area contributed by atoms with Crippen LogP contribution in [0, 0.1) is 11.3 Å². The number of rotatable bonds is 3. The van der Waals surface area contributed by atoms with Gasteiger partial charge in [-0.1, -0.05) is 61.4 Å². The Kier molecular flexibility index (Phi) is 4.39. The Balaban J connectivity index is 1.31. The summed E-state index contributed by atoms with van der Waals surface area (Å²) in [6.07, 6.45) is 4.24. The molecule has 1 saturated heterocycles. The molecule has 1 saturated carbocycles. The lowest BCUT2D eigenvalue weighted by Gasteiger charge is -2.36. The van der Waals surface area contributed by atoms with Crippen LogP contribution in [0.15, 0.2) is 48.5 Å². The fourth-order valence-electron chi connectivity index (χ4n) is 5.66. The molecule has 0 bridgehead atoms. The lowest BCUT2D eigenvalue weighted by Crippen LogP contribution is -2.37. The van der Waals surface area contributed by atoms with E-state index in [-0.39, 0.29) is 24.0 Å². The summed E-state index contributed by atoms with van der Waals surface area (Å²) < 4.78 is 5.82. The fraction of sp³-hybridized carbons (Fsp3) is 0.458. The Morgan fingerprint density at radius 2 is 1.75 bits per heavy atom. The predicted molar refractivity (Wildman–Crippen MR) is 108 cm³/mol. The molecule has 2 fully saturated rings. The average Bonchev–Trinajstić information content (AvgIpc) is 3.29. The molecular weight excluding hydrogens is 350 g/mol. The standard InChI is InChI=1S/C24H27NO3/c26-16-24-12-6-5-7-17(24)13-25(15-24)23(27)28-14-22-20-10-3-1-8-18(20)19-9-2-4-11-21(19)22/h1-4,8-11,17,22,26H,5-7,12-16H2/t17-,24+/m1/s1. The van der Waals surface area contributed by atoms with Crippen molar-refractivity contribution in [3.8, 4) is 11.1 Å². The molecule has 1 amide bonds. The molecule has 1 heterocycles. The molecule has 0 aromatic heterocycles. The summed E-state index contributed by atoms with van der Waals surface area (Å²) in [4.78, 5) is 14.7. The van der Waals surface area contributed by atoms with Gasteiger partial charge in [-0.3, -0.25) is 0 Å². The van der Waals surface area contributed by atoms with Gasteiger partial charge >= 0.3 is 6.09 Å². The minimum atomic E-state index is -0.232. The number of benzene rings is 2. The first kappa shape index (κ1) is 17.7. The van der Waals surface area contributed by atoms with Crippen LogP contribution in [0.1, 0.15) is 42.7 Å². The summed E-state index contributed by atoms with van der Waals surface area (Å²) in [6.45, 7) is 1.88. The quantitative estimate of drug-likeness (QED) is 0.861. The third kappa shape index (κ3) is 2.74.